The number of aryl methyl sites for hydroxylation is 1. The summed E-state index contributed by atoms with van der Waals surface area (Å²) >= 11 is 3.47. The van der Waals surface area contributed by atoms with E-state index < -0.39 is 0 Å². The van der Waals surface area contributed by atoms with E-state index in [1.54, 1.807) is 7.11 Å². The van der Waals surface area contributed by atoms with Gasteiger partial charge in [0.05, 0.1) is 5.56 Å². The van der Waals surface area contributed by atoms with E-state index in [1.165, 1.54) is 0 Å². The molecule has 1 aliphatic heterocycles. The highest BCUT2D eigenvalue weighted by molar-refractivity contribution is 9.10. The topological polar surface area (TPSA) is 29.5 Å². The van der Waals surface area contributed by atoms with Crippen molar-refractivity contribution in [3.05, 3.63) is 33.8 Å². The summed E-state index contributed by atoms with van der Waals surface area (Å²) < 4.78 is 6.06. The number of rotatable bonds is 3. The van der Waals surface area contributed by atoms with Crippen molar-refractivity contribution >= 4 is 21.8 Å². The third-order valence-corrected chi connectivity index (χ3v) is 4.35. The second-order valence-electron chi connectivity index (χ2n) is 5.17. The molecule has 2 rings (SSSR count). The van der Waals surface area contributed by atoms with E-state index in [0.717, 1.165) is 48.1 Å². The lowest BCUT2D eigenvalue weighted by atomic mass is 9.97. The van der Waals surface area contributed by atoms with Crippen LogP contribution in [-0.2, 0) is 4.74 Å². The number of methoxy groups -OCH3 is 1. The number of carbonyl (C=O) groups excluding carboxylic acids is 1. The maximum absolute atomic E-state index is 12.5. The smallest absolute Gasteiger partial charge is 0.255 e. The molecule has 0 saturated carbocycles. The summed E-state index contributed by atoms with van der Waals surface area (Å²) in [5.74, 6) is 0.724. The van der Waals surface area contributed by atoms with Crippen LogP contribution in [0.25, 0.3) is 0 Å². The molecule has 1 aliphatic rings. The second kappa shape index (κ2) is 6.53. The summed E-state index contributed by atoms with van der Waals surface area (Å²) in [4.78, 5) is 14.5. The highest BCUT2D eigenvalue weighted by Crippen LogP contribution is 2.23. The van der Waals surface area contributed by atoms with Gasteiger partial charge in [-0.25, -0.2) is 0 Å². The van der Waals surface area contributed by atoms with Crippen molar-refractivity contribution < 1.29 is 9.53 Å². The molecule has 4 heteroatoms. The Morgan fingerprint density at radius 3 is 2.74 bits per heavy atom. The zero-order valence-corrected chi connectivity index (χ0v) is 13.1. The first-order valence-corrected chi connectivity index (χ1v) is 7.45. The molecule has 19 heavy (non-hydrogen) atoms. The molecule has 0 spiro atoms. The Labute approximate surface area is 123 Å². The van der Waals surface area contributed by atoms with Gasteiger partial charge >= 0.3 is 0 Å². The molecule has 0 atom stereocenters. The van der Waals surface area contributed by atoms with Gasteiger partial charge in [-0.3, -0.25) is 4.79 Å². The van der Waals surface area contributed by atoms with Crippen molar-refractivity contribution in [2.24, 2.45) is 5.92 Å². The summed E-state index contributed by atoms with van der Waals surface area (Å²) in [7, 11) is 1.74. The molecule has 104 valence electrons. The Kier molecular flexibility index (Phi) is 4.99. The lowest BCUT2D eigenvalue weighted by Gasteiger charge is -2.32. The molecule has 1 aromatic rings. The highest BCUT2D eigenvalue weighted by Gasteiger charge is 2.24. The lowest BCUT2D eigenvalue weighted by molar-refractivity contribution is 0.0612. The Hall–Kier alpha value is -0.870. The standard InChI is InChI=1S/C15H20BrNO2/c1-11-3-4-14(16)13(9-11)15(18)17-7-5-12(6-8-17)10-19-2/h3-4,9,12H,5-8,10H2,1-2H3. The number of hydrogen-bond acceptors (Lipinski definition) is 2. The normalized spacial score (nSPS) is 16.7. The van der Waals surface area contributed by atoms with E-state index in [4.69, 9.17) is 4.74 Å². The number of ether oxygens (including phenoxy) is 1. The Balaban J connectivity index is 2.03. The van der Waals surface area contributed by atoms with Crippen molar-refractivity contribution in [1.82, 2.24) is 4.90 Å². The lowest BCUT2D eigenvalue weighted by Crippen LogP contribution is -2.39. The van der Waals surface area contributed by atoms with Gasteiger partial charge in [-0.05, 0) is 53.7 Å². The van der Waals surface area contributed by atoms with Gasteiger partial charge in [0.15, 0.2) is 0 Å². The highest BCUT2D eigenvalue weighted by atomic mass is 79.9. The summed E-state index contributed by atoms with van der Waals surface area (Å²) in [6.45, 7) is 4.46. The average Bonchev–Trinajstić information content (AvgIpc) is 2.42. The quantitative estimate of drug-likeness (QED) is 0.853. The van der Waals surface area contributed by atoms with Gasteiger partial charge in [-0.15, -0.1) is 0 Å². The molecule has 0 unspecified atom stereocenters. The van der Waals surface area contributed by atoms with Gasteiger partial charge in [0.2, 0.25) is 0 Å². The van der Waals surface area contributed by atoms with Gasteiger partial charge in [0.25, 0.3) is 5.91 Å². The Morgan fingerprint density at radius 2 is 2.11 bits per heavy atom. The fraction of sp³-hybridized carbons (Fsp3) is 0.533. The second-order valence-corrected chi connectivity index (χ2v) is 6.03. The zero-order chi connectivity index (χ0) is 13.8. The Bertz CT molecular complexity index is 453. The first kappa shape index (κ1) is 14.5. The predicted molar refractivity (Wildman–Crippen MR) is 79.4 cm³/mol. The first-order chi connectivity index (χ1) is 9.11. The van der Waals surface area contributed by atoms with Crippen molar-refractivity contribution in [3.8, 4) is 0 Å². The minimum atomic E-state index is 0.131. The van der Waals surface area contributed by atoms with E-state index in [0.29, 0.717) is 5.92 Å². The molecule has 1 aromatic carbocycles. The number of halogens is 1. The molecule has 1 fully saturated rings. The molecule has 1 amide bonds. The number of nitrogens with zero attached hydrogens (tertiary/aromatic N) is 1. The van der Waals surface area contributed by atoms with Crippen molar-refractivity contribution in [2.75, 3.05) is 26.8 Å². The molecule has 0 radical (unpaired) electrons. The van der Waals surface area contributed by atoms with Gasteiger partial charge in [0, 0.05) is 31.3 Å². The third kappa shape index (κ3) is 3.57. The molecule has 0 aromatic heterocycles. The minimum absolute atomic E-state index is 0.131. The predicted octanol–water partition coefficient (Wildman–Crippen LogP) is 3.26. The molecule has 0 aliphatic carbocycles. The van der Waals surface area contributed by atoms with Gasteiger partial charge in [0.1, 0.15) is 0 Å². The average molecular weight is 326 g/mol. The van der Waals surface area contributed by atoms with Crippen LogP contribution in [0.3, 0.4) is 0 Å². The van der Waals surface area contributed by atoms with Gasteiger partial charge in [-0.2, -0.15) is 0 Å². The van der Waals surface area contributed by atoms with Crippen LogP contribution in [0.5, 0.6) is 0 Å². The number of amides is 1. The van der Waals surface area contributed by atoms with E-state index in [9.17, 15) is 4.79 Å². The number of hydrogen-bond donors (Lipinski definition) is 0. The van der Waals surface area contributed by atoms with Crippen LogP contribution < -0.4 is 0 Å². The van der Waals surface area contributed by atoms with Gasteiger partial charge in [-0.1, -0.05) is 11.6 Å². The van der Waals surface area contributed by atoms with E-state index in [-0.39, 0.29) is 5.91 Å². The monoisotopic (exact) mass is 325 g/mol. The van der Waals surface area contributed by atoms with Crippen LogP contribution in [0.2, 0.25) is 0 Å². The van der Waals surface area contributed by atoms with E-state index in [2.05, 4.69) is 15.9 Å². The molecule has 3 nitrogen and oxygen atoms in total. The number of piperidine rings is 1. The van der Waals surface area contributed by atoms with Crippen LogP contribution in [-0.4, -0.2) is 37.6 Å². The number of likely N-dealkylation sites (tertiary alicyclic amines) is 1. The molecular weight excluding hydrogens is 306 g/mol. The van der Waals surface area contributed by atoms with Crippen LogP contribution in [0.1, 0.15) is 28.8 Å². The van der Waals surface area contributed by atoms with Crippen LogP contribution in [0.15, 0.2) is 22.7 Å². The van der Waals surface area contributed by atoms with Crippen molar-refractivity contribution in [1.29, 1.82) is 0 Å². The van der Waals surface area contributed by atoms with Crippen LogP contribution >= 0.6 is 15.9 Å². The van der Waals surface area contributed by atoms with E-state index >= 15 is 0 Å². The van der Waals surface area contributed by atoms with Gasteiger partial charge < -0.3 is 9.64 Å². The molecule has 0 N–H and O–H groups in total. The van der Waals surface area contributed by atoms with Crippen molar-refractivity contribution in [3.63, 3.8) is 0 Å². The summed E-state index contributed by atoms with van der Waals surface area (Å²) in [6, 6.07) is 5.90. The number of benzene rings is 1. The first-order valence-electron chi connectivity index (χ1n) is 6.66. The fourth-order valence-electron chi connectivity index (χ4n) is 2.51. The molecule has 0 bridgehead atoms. The molecular formula is C15H20BrNO2. The van der Waals surface area contributed by atoms with Crippen LogP contribution in [0, 0.1) is 12.8 Å². The zero-order valence-electron chi connectivity index (χ0n) is 11.5. The molecule has 1 heterocycles. The minimum Gasteiger partial charge on any atom is -0.384 e. The SMILES string of the molecule is COCC1CCN(C(=O)c2cc(C)ccc2Br)CC1. The summed E-state index contributed by atoms with van der Waals surface area (Å²) in [6.07, 6.45) is 2.06. The summed E-state index contributed by atoms with van der Waals surface area (Å²) in [5.41, 5.74) is 1.88. The largest absolute Gasteiger partial charge is 0.384 e. The van der Waals surface area contributed by atoms with Crippen molar-refractivity contribution in [2.45, 2.75) is 19.8 Å². The third-order valence-electron chi connectivity index (χ3n) is 3.66. The van der Waals surface area contributed by atoms with E-state index in [1.807, 2.05) is 30.0 Å². The molecule has 1 saturated heterocycles. The maximum Gasteiger partial charge on any atom is 0.255 e. The van der Waals surface area contributed by atoms with Crippen LogP contribution in [0.4, 0.5) is 0 Å². The fourth-order valence-corrected chi connectivity index (χ4v) is 2.93. The summed E-state index contributed by atoms with van der Waals surface area (Å²) in [5, 5.41) is 0. The maximum atomic E-state index is 12.5. The number of carbonyl (C=O) groups is 1. The Morgan fingerprint density at radius 1 is 1.42 bits per heavy atom.